The zero-order chi connectivity index (χ0) is 18.0. The lowest BCUT2D eigenvalue weighted by molar-refractivity contribution is 0.0950. The lowest BCUT2D eigenvalue weighted by Crippen LogP contribution is -2.23. The Morgan fingerprint density at radius 1 is 1.28 bits per heavy atom. The van der Waals surface area contributed by atoms with E-state index in [0.29, 0.717) is 5.75 Å². The molecule has 25 heavy (non-hydrogen) atoms. The second-order valence-electron chi connectivity index (χ2n) is 5.37. The van der Waals surface area contributed by atoms with Gasteiger partial charge in [-0.2, -0.15) is 0 Å². The van der Waals surface area contributed by atoms with Crippen molar-refractivity contribution in [2.24, 2.45) is 7.05 Å². The van der Waals surface area contributed by atoms with Gasteiger partial charge in [-0.15, -0.1) is 0 Å². The highest BCUT2D eigenvalue weighted by molar-refractivity contribution is 5.94. The van der Waals surface area contributed by atoms with Gasteiger partial charge in [0.05, 0.1) is 37.1 Å². The largest absolute Gasteiger partial charge is 0.496 e. The maximum absolute atomic E-state index is 13.7. The van der Waals surface area contributed by atoms with Crippen LogP contribution >= 0.6 is 0 Å². The molecule has 0 bridgehead atoms. The monoisotopic (exact) mass is 344 g/mol. The topological polar surface area (TPSA) is 78.3 Å². The van der Waals surface area contributed by atoms with Crippen molar-refractivity contribution in [1.82, 2.24) is 19.9 Å². The molecule has 2 aromatic heterocycles. The standard InChI is InChI=1S/C17H17FN4O3/c1-22-9-21-13-4-5-14(24-2)11(15(13)22)8-19-16(23)10-6-12(18)17(25-3)20-7-10/h4-7,9H,8H2,1-3H3,(H,19,23). The zero-order valence-corrected chi connectivity index (χ0v) is 14.0. The summed E-state index contributed by atoms with van der Waals surface area (Å²) < 4.78 is 25.7. The maximum atomic E-state index is 13.7. The number of hydrogen-bond acceptors (Lipinski definition) is 5. The van der Waals surface area contributed by atoms with Crippen molar-refractivity contribution < 1.29 is 18.7 Å². The summed E-state index contributed by atoms with van der Waals surface area (Å²) in [5.41, 5.74) is 2.55. The molecule has 0 unspecified atom stereocenters. The smallest absolute Gasteiger partial charge is 0.253 e. The second kappa shape index (κ2) is 6.76. The molecule has 1 aromatic carbocycles. The third-order valence-electron chi connectivity index (χ3n) is 3.85. The fraction of sp³-hybridized carbons (Fsp3) is 0.235. The Bertz CT molecular complexity index is 939. The lowest BCUT2D eigenvalue weighted by atomic mass is 10.1. The van der Waals surface area contributed by atoms with Crippen molar-refractivity contribution in [2.45, 2.75) is 6.54 Å². The predicted molar refractivity (Wildman–Crippen MR) is 89.2 cm³/mol. The molecule has 1 N–H and O–H groups in total. The number of nitrogens with zero attached hydrogens (tertiary/aromatic N) is 3. The first-order chi connectivity index (χ1) is 12.0. The van der Waals surface area contributed by atoms with Crippen LogP contribution in [0.3, 0.4) is 0 Å². The molecule has 130 valence electrons. The molecule has 0 spiro atoms. The number of amides is 1. The fourth-order valence-corrected chi connectivity index (χ4v) is 2.64. The van der Waals surface area contributed by atoms with Crippen LogP contribution in [0.5, 0.6) is 11.6 Å². The molecule has 7 nitrogen and oxygen atoms in total. The van der Waals surface area contributed by atoms with Crippen LogP contribution in [-0.2, 0) is 13.6 Å². The van der Waals surface area contributed by atoms with Crippen molar-refractivity contribution >= 4 is 16.9 Å². The van der Waals surface area contributed by atoms with Crippen molar-refractivity contribution in [3.05, 3.63) is 47.7 Å². The Labute approximate surface area is 143 Å². The van der Waals surface area contributed by atoms with Crippen LogP contribution in [0.1, 0.15) is 15.9 Å². The summed E-state index contributed by atoms with van der Waals surface area (Å²) in [6, 6.07) is 4.73. The molecular weight excluding hydrogens is 327 g/mol. The van der Waals surface area contributed by atoms with Crippen molar-refractivity contribution in [3.8, 4) is 11.6 Å². The van der Waals surface area contributed by atoms with Gasteiger partial charge in [0, 0.05) is 25.4 Å². The molecule has 3 rings (SSSR count). The number of rotatable bonds is 5. The van der Waals surface area contributed by atoms with Gasteiger partial charge in [0.1, 0.15) is 5.75 Å². The van der Waals surface area contributed by atoms with E-state index in [2.05, 4.69) is 15.3 Å². The number of ether oxygens (including phenoxy) is 2. The first-order valence-electron chi connectivity index (χ1n) is 7.49. The Morgan fingerprint density at radius 3 is 2.76 bits per heavy atom. The average Bonchev–Trinajstić information content (AvgIpc) is 3.00. The van der Waals surface area contributed by atoms with E-state index >= 15 is 0 Å². The summed E-state index contributed by atoms with van der Waals surface area (Å²) in [7, 11) is 4.74. The molecule has 0 aliphatic carbocycles. The Balaban J connectivity index is 1.86. The summed E-state index contributed by atoms with van der Waals surface area (Å²) in [6.45, 7) is 0.201. The van der Waals surface area contributed by atoms with E-state index in [4.69, 9.17) is 9.47 Å². The van der Waals surface area contributed by atoms with E-state index in [1.54, 1.807) is 19.5 Å². The van der Waals surface area contributed by atoms with E-state index < -0.39 is 11.7 Å². The number of pyridine rings is 1. The van der Waals surface area contributed by atoms with Gasteiger partial charge in [-0.1, -0.05) is 0 Å². The minimum Gasteiger partial charge on any atom is -0.496 e. The van der Waals surface area contributed by atoms with E-state index in [1.807, 2.05) is 17.7 Å². The number of imidazole rings is 1. The first kappa shape index (κ1) is 16.7. The van der Waals surface area contributed by atoms with Crippen molar-refractivity contribution in [3.63, 3.8) is 0 Å². The first-order valence-corrected chi connectivity index (χ1v) is 7.49. The van der Waals surface area contributed by atoms with Gasteiger partial charge in [0.15, 0.2) is 5.82 Å². The lowest BCUT2D eigenvalue weighted by Gasteiger charge is -2.12. The summed E-state index contributed by atoms with van der Waals surface area (Å²) in [6.07, 6.45) is 2.96. The number of aromatic nitrogens is 3. The van der Waals surface area contributed by atoms with Gasteiger partial charge < -0.3 is 19.4 Å². The summed E-state index contributed by atoms with van der Waals surface area (Å²) in [5.74, 6) is -0.662. The van der Waals surface area contributed by atoms with Crippen LogP contribution in [0, 0.1) is 5.82 Å². The zero-order valence-electron chi connectivity index (χ0n) is 14.0. The normalized spacial score (nSPS) is 10.7. The van der Waals surface area contributed by atoms with Crippen LogP contribution < -0.4 is 14.8 Å². The number of benzene rings is 1. The van der Waals surface area contributed by atoms with Crippen molar-refractivity contribution in [2.75, 3.05) is 14.2 Å². The van der Waals surface area contributed by atoms with Gasteiger partial charge in [-0.3, -0.25) is 4.79 Å². The molecule has 0 aliphatic rings. The van der Waals surface area contributed by atoms with Gasteiger partial charge in [-0.05, 0) is 18.2 Å². The van der Waals surface area contributed by atoms with Crippen LogP contribution in [-0.4, -0.2) is 34.7 Å². The summed E-state index contributed by atoms with van der Waals surface area (Å²) >= 11 is 0. The molecule has 8 heteroatoms. The summed E-state index contributed by atoms with van der Waals surface area (Å²) in [4.78, 5) is 20.4. The molecule has 0 saturated carbocycles. The Hall–Kier alpha value is -3.16. The molecular formula is C17H17FN4O3. The van der Waals surface area contributed by atoms with Crippen LogP contribution in [0.2, 0.25) is 0 Å². The third-order valence-corrected chi connectivity index (χ3v) is 3.85. The van der Waals surface area contributed by atoms with Crippen LogP contribution in [0.4, 0.5) is 4.39 Å². The molecule has 0 atom stereocenters. The number of methoxy groups -OCH3 is 2. The molecule has 3 aromatic rings. The third kappa shape index (κ3) is 3.10. The predicted octanol–water partition coefficient (Wildman–Crippen LogP) is 2.05. The molecule has 0 radical (unpaired) electrons. The van der Waals surface area contributed by atoms with E-state index in [-0.39, 0.29) is 18.0 Å². The quantitative estimate of drug-likeness (QED) is 0.766. The highest BCUT2D eigenvalue weighted by atomic mass is 19.1. The van der Waals surface area contributed by atoms with Gasteiger partial charge >= 0.3 is 0 Å². The number of carbonyl (C=O) groups excluding carboxylic acids is 1. The van der Waals surface area contributed by atoms with Crippen LogP contribution in [0.15, 0.2) is 30.7 Å². The van der Waals surface area contributed by atoms with Gasteiger partial charge in [-0.25, -0.2) is 14.4 Å². The average molecular weight is 344 g/mol. The van der Waals surface area contributed by atoms with E-state index in [1.165, 1.54) is 13.3 Å². The second-order valence-corrected chi connectivity index (χ2v) is 5.37. The number of hydrogen-bond donors (Lipinski definition) is 1. The number of nitrogens with one attached hydrogen (secondary N) is 1. The maximum Gasteiger partial charge on any atom is 0.253 e. The minimum atomic E-state index is -0.693. The fourth-order valence-electron chi connectivity index (χ4n) is 2.64. The SMILES string of the molecule is COc1ccc2ncn(C)c2c1CNC(=O)c1cnc(OC)c(F)c1. The highest BCUT2D eigenvalue weighted by Gasteiger charge is 2.15. The van der Waals surface area contributed by atoms with E-state index in [0.717, 1.165) is 22.7 Å². The number of aryl methyl sites for hydroxylation is 1. The van der Waals surface area contributed by atoms with Crippen LogP contribution in [0.25, 0.3) is 11.0 Å². The number of fused-ring (bicyclic) bond motifs is 1. The summed E-state index contributed by atoms with van der Waals surface area (Å²) in [5, 5.41) is 2.76. The van der Waals surface area contributed by atoms with E-state index in [9.17, 15) is 9.18 Å². The number of halogens is 1. The molecule has 2 heterocycles. The molecule has 0 saturated heterocycles. The van der Waals surface area contributed by atoms with Gasteiger partial charge in [0.25, 0.3) is 5.91 Å². The Morgan fingerprint density at radius 2 is 2.08 bits per heavy atom. The minimum absolute atomic E-state index is 0.106. The highest BCUT2D eigenvalue weighted by Crippen LogP contribution is 2.27. The Kier molecular flexibility index (Phi) is 4.51. The number of carbonyl (C=O) groups is 1. The van der Waals surface area contributed by atoms with Crippen molar-refractivity contribution in [1.29, 1.82) is 0 Å². The molecule has 0 aliphatic heterocycles. The molecule has 0 fully saturated rings. The molecule has 1 amide bonds. The van der Waals surface area contributed by atoms with Gasteiger partial charge in [0.2, 0.25) is 5.88 Å².